The second-order valence-corrected chi connectivity index (χ2v) is 6.14. The molecule has 1 saturated heterocycles. The van der Waals surface area contributed by atoms with Crippen LogP contribution >= 0.6 is 0 Å². The maximum absolute atomic E-state index is 12.5. The maximum Gasteiger partial charge on any atom is 0.439 e. The Labute approximate surface area is 140 Å². The van der Waals surface area contributed by atoms with Gasteiger partial charge in [0.15, 0.2) is 5.82 Å². The first-order valence-corrected chi connectivity index (χ1v) is 8.35. The van der Waals surface area contributed by atoms with E-state index >= 15 is 0 Å². The van der Waals surface area contributed by atoms with Crippen LogP contribution in [-0.2, 0) is 4.79 Å². The average Bonchev–Trinajstić information content (AvgIpc) is 2.85. The van der Waals surface area contributed by atoms with E-state index in [1.54, 1.807) is 18.2 Å². The molecule has 1 amide bonds. The first kappa shape index (κ1) is 16.4. The molecule has 128 valence electrons. The van der Waals surface area contributed by atoms with E-state index in [2.05, 4.69) is 24.9 Å². The Hall–Kier alpha value is -2.41. The smallest absolute Gasteiger partial charge is 0.325 e. The van der Waals surface area contributed by atoms with E-state index in [1.165, 1.54) is 12.8 Å². The first-order valence-electron chi connectivity index (χ1n) is 8.35. The summed E-state index contributed by atoms with van der Waals surface area (Å²) in [6, 6.07) is 7.00. The Kier molecular flexibility index (Phi) is 5.10. The van der Waals surface area contributed by atoms with Crippen LogP contribution in [0.2, 0.25) is 0 Å². The molecule has 3 rings (SSSR count). The molecule has 24 heavy (non-hydrogen) atoms. The summed E-state index contributed by atoms with van der Waals surface area (Å²) < 4.78 is 4.51. The third-order valence-electron chi connectivity index (χ3n) is 4.41. The Balaban J connectivity index is 1.68. The molecule has 2 N–H and O–H groups in total. The van der Waals surface area contributed by atoms with E-state index in [-0.39, 0.29) is 11.9 Å². The van der Waals surface area contributed by atoms with Crippen LogP contribution in [0.4, 0.5) is 5.69 Å². The van der Waals surface area contributed by atoms with E-state index < -0.39 is 5.76 Å². The lowest BCUT2D eigenvalue weighted by Gasteiger charge is -2.26. The highest BCUT2D eigenvalue weighted by Crippen LogP contribution is 2.19. The van der Waals surface area contributed by atoms with Gasteiger partial charge in [-0.05, 0) is 45.0 Å². The average molecular weight is 330 g/mol. The van der Waals surface area contributed by atoms with Crippen LogP contribution in [-0.4, -0.2) is 40.1 Å². The van der Waals surface area contributed by atoms with E-state index in [0.29, 0.717) is 17.1 Å². The maximum atomic E-state index is 12.5. The SMILES string of the molecule is CC(C(=O)Nc1cccc(-c2noc(=O)[nH]2)c1)N1CCCCCC1. The minimum absolute atomic E-state index is 0.0253. The van der Waals surface area contributed by atoms with Gasteiger partial charge >= 0.3 is 5.76 Å². The quantitative estimate of drug-likeness (QED) is 0.897. The zero-order chi connectivity index (χ0) is 16.9. The molecule has 2 heterocycles. The number of likely N-dealkylation sites (tertiary alicyclic amines) is 1. The summed E-state index contributed by atoms with van der Waals surface area (Å²) in [6.45, 7) is 3.88. The van der Waals surface area contributed by atoms with Gasteiger partial charge in [-0.25, -0.2) is 4.79 Å². The fourth-order valence-electron chi connectivity index (χ4n) is 2.99. The van der Waals surface area contributed by atoms with Crippen molar-refractivity contribution in [1.29, 1.82) is 0 Å². The minimum Gasteiger partial charge on any atom is -0.325 e. The number of H-pyrrole nitrogens is 1. The van der Waals surface area contributed by atoms with Crippen LogP contribution < -0.4 is 11.1 Å². The lowest BCUT2D eigenvalue weighted by molar-refractivity contribution is -0.120. The van der Waals surface area contributed by atoms with Gasteiger partial charge < -0.3 is 5.32 Å². The molecule has 0 aliphatic carbocycles. The third kappa shape index (κ3) is 3.91. The summed E-state index contributed by atoms with van der Waals surface area (Å²) in [5, 5.41) is 6.61. The molecule has 1 aliphatic heterocycles. The zero-order valence-electron chi connectivity index (χ0n) is 13.7. The molecule has 1 atom stereocenters. The number of nitrogens with zero attached hydrogens (tertiary/aromatic N) is 2. The van der Waals surface area contributed by atoms with Gasteiger partial charge in [-0.1, -0.05) is 30.1 Å². The number of carbonyl (C=O) groups is 1. The molecule has 1 unspecified atom stereocenters. The van der Waals surface area contributed by atoms with Gasteiger partial charge in [0.05, 0.1) is 6.04 Å². The number of aromatic amines is 1. The number of aromatic nitrogens is 2. The van der Waals surface area contributed by atoms with Crippen molar-refractivity contribution in [2.24, 2.45) is 0 Å². The second-order valence-electron chi connectivity index (χ2n) is 6.14. The molecular formula is C17H22N4O3. The lowest BCUT2D eigenvalue weighted by Crippen LogP contribution is -2.42. The molecule has 7 nitrogen and oxygen atoms in total. The Morgan fingerprint density at radius 1 is 1.29 bits per heavy atom. The van der Waals surface area contributed by atoms with Gasteiger partial charge in [-0.15, -0.1) is 0 Å². The molecule has 0 saturated carbocycles. The zero-order valence-corrected chi connectivity index (χ0v) is 13.7. The molecule has 1 aromatic carbocycles. The summed E-state index contributed by atoms with van der Waals surface area (Å²) in [5.41, 5.74) is 1.35. The Bertz CT molecular complexity index is 744. The van der Waals surface area contributed by atoms with Crippen LogP contribution in [0.15, 0.2) is 33.6 Å². The number of carbonyl (C=O) groups excluding carboxylic acids is 1. The molecule has 1 aliphatic rings. The van der Waals surface area contributed by atoms with E-state index in [4.69, 9.17) is 0 Å². The van der Waals surface area contributed by atoms with Crippen molar-refractivity contribution in [2.75, 3.05) is 18.4 Å². The highest BCUT2D eigenvalue weighted by atomic mass is 16.5. The van der Waals surface area contributed by atoms with Gasteiger partial charge in [0.2, 0.25) is 5.91 Å². The molecular weight excluding hydrogens is 308 g/mol. The first-order chi connectivity index (χ1) is 11.6. The van der Waals surface area contributed by atoms with Crippen LogP contribution in [0, 0.1) is 0 Å². The summed E-state index contributed by atoms with van der Waals surface area (Å²) in [4.78, 5) is 28.3. The summed E-state index contributed by atoms with van der Waals surface area (Å²) in [5.74, 6) is -0.284. The molecule has 1 fully saturated rings. The highest BCUT2D eigenvalue weighted by Gasteiger charge is 2.22. The van der Waals surface area contributed by atoms with Crippen molar-refractivity contribution in [3.8, 4) is 11.4 Å². The fraction of sp³-hybridized carbons (Fsp3) is 0.471. The fourth-order valence-corrected chi connectivity index (χ4v) is 2.99. The number of benzene rings is 1. The molecule has 0 bridgehead atoms. The Morgan fingerprint density at radius 2 is 2.04 bits per heavy atom. The minimum atomic E-state index is -0.603. The summed E-state index contributed by atoms with van der Waals surface area (Å²) in [6.07, 6.45) is 4.77. The van der Waals surface area contributed by atoms with Crippen LogP contribution in [0.5, 0.6) is 0 Å². The van der Waals surface area contributed by atoms with Crippen molar-refractivity contribution in [3.05, 3.63) is 34.8 Å². The van der Waals surface area contributed by atoms with Crippen LogP contribution in [0.3, 0.4) is 0 Å². The molecule has 7 heteroatoms. The summed E-state index contributed by atoms with van der Waals surface area (Å²) >= 11 is 0. The second kappa shape index (κ2) is 7.44. The van der Waals surface area contributed by atoms with Gasteiger partial charge in [0.1, 0.15) is 0 Å². The third-order valence-corrected chi connectivity index (χ3v) is 4.41. The van der Waals surface area contributed by atoms with Crippen LogP contribution in [0.1, 0.15) is 32.6 Å². The largest absolute Gasteiger partial charge is 0.439 e. The van der Waals surface area contributed by atoms with Gasteiger partial charge in [-0.2, -0.15) is 0 Å². The normalized spacial score (nSPS) is 17.2. The predicted octanol–water partition coefficient (Wildman–Crippen LogP) is 2.23. The number of amides is 1. The Morgan fingerprint density at radius 3 is 2.71 bits per heavy atom. The monoisotopic (exact) mass is 330 g/mol. The molecule has 2 aromatic rings. The van der Waals surface area contributed by atoms with Crippen molar-refractivity contribution in [3.63, 3.8) is 0 Å². The van der Waals surface area contributed by atoms with Crippen LogP contribution in [0.25, 0.3) is 11.4 Å². The molecule has 0 spiro atoms. The van der Waals surface area contributed by atoms with Crippen molar-refractivity contribution in [1.82, 2.24) is 15.0 Å². The highest BCUT2D eigenvalue weighted by molar-refractivity contribution is 5.95. The predicted molar refractivity (Wildman–Crippen MR) is 90.7 cm³/mol. The summed E-state index contributed by atoms with van der Waals surface area (Å²) in [7, 11) is 0. The van der Waals surface area contributed by atoms with E-state index in [9.17, 15) is 9.59 Å². The molecule has 0 radical (unpaired) electrons. The topological polar surface area (TPSA) is 91.2 Å². The van der Waals surface area contributed by atoms with Crippen molar-refractivity contribution < 1.29 is 9.32 Å². The molecule has 1 aromatic heterocycles. The lowest BCUT2D eigenvalue weighted by atomic mass is 10.1. The number of hydrogen-bond acceptors (Lipinski definition) is 5. The number of rotatable bonds is 4. The number of anilines is 1. The number of nitrogens with one attached hydrogen (secondary N) is 2. The van der Waals surface area contributed by atoms with Gasteiger partial charge in [-0.3, -0.25) is 19.2 Å². The van der Waals surface area contributed by atoms with Gasteiger partial charge in [0.25, 0.3) is 0 Å². The van der Waals surface area contributed by atoms with Crippen molar-refractivity contribution >= 4 is 11.6 Å². The van der Waals surface area contributed by atoms with E-state index in [0.717, 1.165) is 25.9 Å². The van der Waals surface area contributed by atoms with E-state index in [1.807, 2.05) is 13.0 Å². The number of hydrogen-bond donors (Lipinski definition) is 2. The van der Waals surface area contributed by atoms with Gasteiger partial charge in [0, 0.05) is 11.3 Å². The standard InChI is InChI=1S/C17H22N4O3/c1-12(21-9-4-2-3-5-10-21)16(22)18-14-8-6-7-13(11-14)15-19-17(23)24-20-15/h6-8,11-12H,2-5,9-10H2,1H3,(H,18,22)(H,19,20,23). The van der Waals surface area contributed by atoms with Crippen molar-refractivity contribution in [2.45, 2.75) is 38.6 Å².